The number of urea groups is 1. The Bertz CT molecular complexity index is 367. The second-order valence-corrected chi connectivity index (χ2v) is 6.42. The Kier molecular flexibility index (Phi) is 5.54. The molecular weight excluding hydrogens is 278 g/mol. The van der Waals surface area contributed by atoms with Crippen LogP contribution in [0, 0.1) is 0 Å². The van der Waals surface area contributed by atoms with Gasteiger partial charge in [-0.2, -0.15) is 11.8 Å². The smallest absolute Gasteiger partial charge is 0.326 e. The number of carbonyl (C=O) groups excluding carboxylic acids is 1. The maximum Gasteiger partial charge on any atom is 0.326 e. The molecule has 2 heterocycles. The van der Waals surface area contributed by atoms with Crippen molar-refractivity contribution in [3.05, 3.63) is 0 Å². The Labute approximate surface area is 123 Å². The van der Waals surface area contributed by atoms with Crippen LogP contribution in [0.2, 0.25) is 0 Å². The Balaban J connectivity index is 1.80. The number of rotatable bonds is 6. The standard InChI is InChI=1S/C13H23N3O3S/c1-20-8-5-10(12(17)18)15-13(19)14-9-4-7-16-6-2-3-11(9)16/h9-11H,2-8H2,1H3,(H,17,18)(H2,14,15,19)/t9?,10-,11?/m0/s1. The molecule has 0 bridgehead atoms. The first-order chi connectivity index (χ1) is 9.61. The lowest BCUT2D eigenvalue weighted by Gasteiger charge is -2.22. The number of carboxylic acids is 1. The van der Waals surface area contributed by atoms with E-state index in [0.717, 1.165) is 31.7 Å². The summed E-state index contributed by atoms with van der Waals surface area (Å²) in [4.78, 5) is 25.5. The molecule has 20 heavy (non-hydrogen) atoms. The fraction of sp³-hybridized carbons (Fsp3) is 0.846. The Hall–Kier alpha value is -0.950. The topological polar surface area (TPSA) is 81.7 Å². The van der Waals surface area contributed by atoms with Gasteiger partial charge < -0.3 is 15.7 Å². The number of carboxylic acid groups (broad SMARTS) is 1. The van der Waals surface area contributed by atoms with Gasteiger partial charge in [0.05, 0.1) is 0 Å². The molecule has 0 radical (unpaired) electrons. The molecule has 2 rings (SSSR count). The number of carbonyl (C=O) groups is 2. The van der Waals surface area contributed by atoms with Gasteiger partial charge in [0.25, 0.3) is 0 Å². The monoisotopic (exact) mass is 301 g/mol. The summed E-state index contributed by atoms with van der Waals surface area (Å²) in [7, 11) is 0. The van der Waals surface area contributed by atoms with Crippen LogP contribution in [0.5, 0.6) is 0 Å². The summed E-state index contributed by atoms with van der Waals surface area (Å²) in [5.74, 6) is -0.250. The molecule has 6 nitrogen and oxygen atoms in total. The van der Waals surface area contributed by atoms with Crippen molar-refractivity contribution in [1.29, 1.82) is 0 Å². The van der Waals surface area contributed by atoms with Crippen molar-refractivity contribution in [3.8, 4) is 0 Å². The maximum atomic E-state index is 12.0. The normalized spacial score (nSPS) is 27.1. The highest BCUT2D eigenvalue weighted by Gasteiger charge is 2.38. The molecule has 2 saturated heterocycles. The van der Waals surface area contributed by atoms with E-state index < -0.39 is 12.0 Å². The second-order valence-electron chi connectivity index (χ2n) is 5.43. The summed E-state index contributed by atoms with van der Waals surface area (Å²) in [6.45, 7) is 2.15. The van der Waals surface area contributed by atoms with Crippen LogP contribution in [0.15, 0.2) is 0 Å². The van der Waals surface area contributed by atoms with Gasteiger partial charge in [0, 0.05) is 18.6 Å². The van der Waals surface area contributed by atoms with Gasteiger partial charge in [0.2, 0.25) is 0 Å². The minimum Gasteiger partial charge on any atom is -0.480 e. The average molecular weight is 301 g/mol. The molecule has 0 aromatic carbocycles. The molecule has 114 valence electrons. The first-order valence-electron chi connectivity index (χ1n) is 7.14. The number of hydrogen-bond acceptors (Lipinski definition) is 4. The van der Waals surface area contributed by atoms with E-state index in [1.165, 1.54) is 6.42 Å². The zero-order chi connectivity index (χ0) is 14.5. The molecular formula is C13H23N3O3S. The van der Waals surface area contributed by atoms with Crippen molar-refractivity contribution in [3.63, 3.8) is 0 Å². The van der Waals surface area contributed by atoms with Crippen LogP contribution in [-0.4, -0.2) is 65.2 Å². The highest BCUT2D eigenvalue weighted by Crippen LogP contribution is 2.27. The molecule has 0 spiro atoms. The largest absolute Gasteiger partial charge is 0.480 e. The lowest BCUT2D eigenvalue weighted by atomic mass is 10.1. The summed E-state index contributed by atoms with van der Waals surface area (Å²) in [6.07, 6.45) is 5.65. The van der Waals surface area contributed by atoms with Crippen LogP contribution in [0.1, 0.15) is 25.7 Å². The van der Waals surface area contributed by atoms with Gasteiger partial charge in [0.1, 0.15) is 6.04 Å². The summed E-state index contributed by atoms with van der Waals surface area (Å²) >= 11 is 1.58. The third kappa shape index (κ3) is 3.79. The molecule has 3 atom stereocenters. The van der Waals surface area contributed by atoms with E-state index in [1.54, 1.807) is 11.8 Å². The first kappa shape index (κ1) is 15.4. The van der Waals surface area contributed by atoms with Gasteiger partial charge in [-0.05, 0) is 44.2 Å². The fourth-order valence-corrected chi connectivity index (χ4v) is 3.58. The lowest BCUT2D eigenvalue weighted by Crippen LogP contribution is -2.51. The van der Waals surface area contributed by atoms with Crippen molar-refractivity contribution >= 4 is 23.8 Å². The van der Waals surface area contributed by atoms with Crippen LogP contribution >= 0.6 is 11.8 Å². The summed E-state index contributed by atoms with van der Waals surface area (Å²) < 4.78 is 0. The minimum atomic E-state index is -0.969. The third-order valence-electron chi connectivity index (χ3n) is 4.14. The predicted molar refractivity (Wildman–Crippen MR) is 79.1 cm³/mol. The van der Waals surface area contributed by atoms with Crippen molar-refractivity contribution in [2.45, 2.75) is 43.8 Å². The average Bonchev–Trinajstić information content (AvgIpc) is 2.99. The summed E-state index contributed by atoms with van der Waals surface area (Å²) in [6, 6.07) is -0.552. The summed E-state index contributed by atoms with van der Waals surface area (Å²) in [5, 5.41) is 14.6. The molecule has 7 heteroatoms. The van der Waals surface area contributed by atoms with Crippen LogP contribution in [-0.2, 0) is 4.79 Å². The van der Waals surface area contributed by atoms with Crippen molar-refractivity contribution in [2.24, 2.45) is 0 Å². The van der Waals surface area contributed by atoms with Crippen molar-refractivity contribution in [1.82, 2.24) is 15.5 Å². The fourth-order valence-electron chi connectivity index (χ4n) is 3.11. The third-order valence-corrected chi connectivity index (χ3v) is 4.78. The van der Waals surface area contributed by atoms with Crippen LogP contribution in [0.25, 0.3) is 0 Å². The first-order valence-corrected chi connectivity index (χ1v) is 8.54. The highest BCUT2D eigenvalue weighted by atomic mass is 32.2. The number of hydrogen-bond donors (Lipinski definition) is 3. The minimum absolute atomic E-state index is 0.160. The molecule has 2 aliphatic heterocycles. The van der Waals surface area contributed by atoms with Crippen molar-refractivity contribution in [2.75, 3.05) is 25.1 Å². The number of nitrogens with zero attached hydrogens (tertiary/aromatic N) is 1. The van der Waals surface area contributed by atoms with Gasteiger partial charge >= 0.3 is 12.0 Å². The van der Waals surface area contributed by atoms with E-state index in [0.29, 0.717) is 12.5 Å². The predicted octanol–water partition coefficient (Wildman–Crippen LogP) is 0.729. The van der Waals surface area contributed by atoms with E-state index in [2.05, 4.69) is 15.5 Å². The molecule has 2 aliphatic rings. The molecule has 3 N–H and O–H groups in total. The second kappa shape index (κ2) is 7.17. The van der Waals surface area contributed by atoms with E-state index >= 15 is 0 Å². The zero-order valence-electron chi connectivity index (χ0n) is 11.8. The quantitative estimate of drug-likeness (QED) is 0.674. The van der Waals surface area contributed by atoms with E-state index in [9.17, 15) is 9.59 Å². The number of nitrogens with one attached hydrogen (secondary N) is 2. The number of amides is 2. The molecule has 2 amide bonds. The SMILES string of the molecule is CSCC[C@H](NC(=O)NC1CCN2CCCC12)C(=O)O. The van der Waals surface area contributed by atoms with Crippen LogP contribution in [0.4, 0.5) is 4.79 Å². The van der Waals surface area contributed by atoms with E-state index in [4.69, 9.17) is 5.11 Å². The number of fused-ring (bicyclic) bond motifs is 1. The molecule has 0 aromatic rings. The maximum absolute atomic E-state index is 12.0. The highest BCUT2D eigenvalue weighted by molar-refractivity contribution is 7.98. The Morgan fingerprint density at radius 2 is 2.20 bits per heavy atom. The molecule has 0 saturated carbocycles. The molecule has 0 aliphatic carbocycles. The number of aliphatic carboxylic acids is 1. The zero-order valence-corrected chi connectivity index (χ0v) is 12.6. The van der Waals surface area contributed by atoms with Crippen LogP contribution in [0.3, 0.4) is 0 Å². The Morgan fingerprint density at radius 3 is 2.90 bits per heavy atom. The van der Waals surface area contributed by atoms with Gasteiger partial charge in [-0.25, -0.2) is 9.59 Å². The molecule has 0 aromatic heterocycles. The van der Waals surface area contributed by atoms with Gasteiger partial charge in [0.15, 0.2) is 0 Å². The van der Waals surface area contributed by atoms with Gasteiger partial charge in [-0.15, -0.1) is 0 Å². The van der Waals surface area contributed by atoms with Crippen LogP contribution < -0.4 is 10.6 Å². The van der Waals surface area contributed by atoms with Gasteiger partial charge in [-0.3, -0.25) is 4.90 Å². The van der Waals surface area contributed by atoms with E-state index in [-0.39, 0.29) is 12.1 Å². The molecule has 2 fully saturated rings. The summed E-state index contributed by atoms with van der Waals surface area (Å²) in [5.41, 5.74) is 0. The molecule has 2 unspecified atom stereocenters. The lowest BCUT2D eigenvalue weighted by molar-refractivity contribution is -0.139. The Morgan fingerprint density at radius 1 is 1.40 bits per heavy atom. The van der Waals surface area contributed by atoms with E-state index in [1.807, 2.05) is 6.26 Å². The van der Waals surface area contributed by atoms with Crippen molar-refractivity contribution < 1.29 is 14.7 Å². The van der Waals surface area contributed by atoms with Gasteiger partial charge in [-0.1, -0.05) is 0 Å². The number of thioether (sulfide) groups is 1.